The molecule has 0 saturated heterocycles. The highest BCUT2D eigenvalue weighted by molar-refractivity contribution is 14.1. The molecule has 0 aliphatic carbocycles. The molecular weight excluding hydrogens is 319 g/mol. The summed E-state index contributed by atoms with van der Waals surface area (Å²) in [6, 6.07) is 2.60. The molecular formula is C8H4F2IN3O. The van der Waals surface area contributed by atoms with Crippen molar-refractivity contribution in [2.24, 2.45) is 5.73 Å². The number of hydrogen-bond acceptors (Lipinski definition) is 3. The third-order valence-electron chi connectivity index (χ3n) is 1.61. The largest absolute Gasteiger partial charge is 0.365 e. The molecule has 0 bridgehead atoms. The van der Waals surface area contributed by atoms with Gasteiger partial charge in [0.05, 0.1) is 5.56 Å². The molecule has 0 atom stereocenters. The minimum atomic E-state index is -2.86. The zero-order valence-corrected chi connectivity index (χ0v) is 9.33. The summed E-state index contributed by atoms with van der Waals surface area (Å²) in [5.74, 6) is -1.08. The van der Waals surface area contributed by atoms with E-state index >= 15 is 0 Å². The molecule has 15 heavy (non-hydrogen) atoms. The van der Waals surface area contributed by atoms with Crippen LogP contribution in [0.15, 0.2) is 6.07 Å². The second-order valence-corrected chi connectivity index (χ2v) is 3.64. The Labute approximate surface area is 97.2 Å². The Balaban J connectivity index is 3.56. The lowest BCUT2D eigenvalue weighted by atomic mass is 10.1. The lowest BCUT2D eigenvalue weighted by Crippen LogP contribution is -2.17. The van der Waals surface area contributed by atoms with Crippen LogP contribution >= 0.6 is 22.6 Å². The molecule has 7 heteroatoms. The van der Waals surface area contributed by atoms with Crippen LogP contribution in [-0.4, -0.2) is 10.9 Å². The number of aromatic nitrogens is 1. The van der Waals surface area contributed by atoms with E-state index in [4.69, 9.17) is 11.0 Å². The highest BCUT2D eigenvalue weighted by atomic mass is 127. The van der Waals surface area contributed by atoms with Crippen LogP contribution in [0.2, 0.25) is 0 Å². The summed E-state index contributed by atoms with van der Waals surface area (Å²) in [6.45, 7) is 0. The fourth-order valence-electron chi connectivity index (χ4n) is 1.04. The number of nitriles is 1. The summed E-state index contributed by atoms with van der Waals surface area (Å²) in [6.07, 6.45) is -2.86. The summed E-state index contributed by atoms with van der Waals surface area (Å²) >= 11 is 1.68. The molecule has 2 N–H and O–H groups in total. The molecule has 1 rings (SSSR count). The van der Waals surface area contributed by atoms with Crippen molar-refractivity contribution in [2.75, 3.05) is 0 Å². The minimum Gasteiger partial charge on any atom is -0.365 e. The van der Waals surface area contributed by atoms with Crippen molar-refractivity contribution >= 4 is 28.5 Å². The van der Waals surface area contributed by atoms with Gasteiger partial charge in [-0.3, -0.25) is 4.79 Å². The molecule has 1 amide bonds. The van der Waals surface area contributed by atoms with Crippen molar-refractivity contribution in [2.45, 2.75) is 6.43 Å². The second-order valence-electron chi connectivity index (χ2n) is 2.53. The highest BCUT2D eigenvalue weighted by Crippen LogP contribution is 2.25. The number of nitrogens with two attached hydrogens (primary N) is 1. The molecule has 0 saturated carbocycles. The van der Waals surface area contributed by atoms with Crippen molar-refractivity contribution < 1.29 is 13.6 Å². The monoisotopic (exact) mass is 323 g/mol. The Morgan fingerprint density at radius 2 is 2.27 bits per heavy atom. The van der Waals surface area contributed by atoms with Gasteiger partial charge in [-0.05, 0) is 28.7 Å². The summed E-state index contributed by atoms with van der Waals surface area (Å²) in [5, 5.41) is 8.63. The first-order valence-corrected chi connectivity index (χ1v) is 4.73. The van der Waals surface area contributed by atoms with Crippen molar-refractivity contribution in [3.63, 3.8) is 0 Å². The van der Waals surface area contributed by atoms with E-state index in [1.165, 1.54) is 0 Å². The molecule has 0 fully saturated rings. The van der Waals surface area contributed by atoms with E-state index in [0.717, 1.165) is 6.07 Å². The van der Waals surface area contributed by atoms with Gasteiger partial charge in [-0.25, -0.2) is 13.8 Å². The van der Waals surface area contributed by atoms with Gasteiger partial charge in [0.2, 0.25) is 0 Å². The number of amides is 1. The van der Waals surface area contributed by atoms with E-state index < -0.39 is 23.5 Å². The first-order valence-electron chi connectivity index (χ1n) is 3.66. The van der Waals surface area contributed by atoms with Crippen LogP contribution in [0.3, 0.4) is 0 Å². The Bertz CT molecular complexity index is 456. The normalized spacial score (nSPS) is 10.1. The molecule has 4 nitrogen and oxygen atoms in total. The zero-order chi connectivity index (χ0) is 11.6. The first-order chi connectivity index (χ1) is 6.97. The summed E-state index contributed by atoms with van der Waals surface area (Å²) in [5.41, 5.74) is 3.48. The number of hydrogen-bond donors (Lipinski definition) is 1. The van der Waals surface area contributed by atoms with E-state index in [-0.39, 0.29) is 9.39 Å². The smallest absolute Gasteiger partial charge is 0.264 e. The van der Waals surface area contributed by atoms with Gasteiger partial charge in [-0.15, -0.1) is 0 Å². The van der Waals surface area contributed by atoms with E-state index in [9.17, 15) is 13.6 Å². The van der Waals surface area contributed by atoms with Gasteiger partial charge < -0.3 is 5.73 Å². The second kappa shape index (κ2) is 4.48. The number of carbonyl (C=O) groups excluding carboxylic acids is 1. The van der Waals surface area contributed by atoms with Gasteiger partial charge in [0.25, 0.3) is 12.3 Å². The Kier molecular flexibility index (Phi) is 3.52. The SMILES string of the molecule is N#Cc1nc(I)cc(C(F)F)c1C(N)=O. The number of pyridine rings is 1. The third-order valence-corrected chi connectivity index (χ3v) is 2.16. The Hall–Kier alpha value is -1.30. The van der Waals surface area contributed by atoms with Gasteiger partial charge in [-0.2, -0.15) is 5.26 Å². The third kappa shape index (κ3) is 2.38. The topological polar surface area (TPSA) is 79.8 Å². The number of halogens is 3. The van der Waals surface area contributed by atoms with Gasteiger partial charge in [0, 0.05) is 5.56 Å². The molecule has 0 unspecified atom stereocenters. The number of carbonyl (C=O) groups is 1. The van der Waals surface area contributed by atoms with Crippen LogP contribution in [0.25, 0.3) is 0 Å². The zero-order valence-electron chi connectivity index (χ0n) is 7.17. The summed E-state index contributed by atoms with van der Waals surface area (Å²) < 4.78 is 25.3. The number of alkyl halides is 2. The van der Waals surface area contributed by atoms with Gasteiger partial charge in [-0.1, -0.05) is 0 Å². The summed E-state index contributed by atoms with van der Waals surface area (Å²) in [7, 11) is 0. The summed E-state index contributed by atoms with van der Waals surface area (Å²) in [4.78, 5) is 14.6. The van der Waals surface area contributed by atoms with Crippen LogP contribution in [0.1, 0.15) is 28.0 Å². The lowest BCUT2D eigenvalue weighted by molar-refractivity contribution is 0.0985. The van der Waals surface area contributed by atoms with Crippen molar-refractivity contribution in [1.29, 1.82) is 5.26 Å². The Morgan fingerprint density at radius 1 is 1.67 bits per heavy atom. The standard InChI is InChI=1S/C8H4F2IN3O/c9-7(10)3-1-5(11)14-4(2-12)6(3)8(13)15/h1,7H,(H2,13,15). The molecule has 1 aromatic rings. The van der Waals surface area contributed by atoms with Crippen molar-refractivity contribution in [1.82, 2.24) is 4.98 Å². The quantitative estimate of drug-likeness (QED) is 0.663. The van der Waals surface area contributed by atoms with Gasteiger partial charge in [0.1, 0.15) is 9.77 Å². The molecule has 0 aromatic carbocycles. The van der Waals surface area contributed by atoms with Crippen LogP contribution < -0.4 is 5.73 Å². The lowest BCUT2D eigenvalue weighted by Gasteiger charge is -2.07. The molecule has 78 valence electrons. The van der Waals surface area contributed by atoms with Gasteiger partial charge >= 0.3 is 0 Å². The number of nitrogens with zero attached hydrogens (tertiary/aromatic N) is 2. The van der Waals surface area contributed by atoms with Crippen LogP contribution in [0.5, 0.6) is 0 Å². The maximum Gasteiger partial charge on any atom is 0.264 e. The number of rotatable bonds is 2. The minimum absolute atomic E-state index is 0.212. The van der Waals surface area contributed by atoms with Crippen LogP contribution in [-0.2, 0) is 0 Å². The highest BCUT2D eigenvalue weighted by Gasteiger charge is 2.22. The van der Waals surface area contributed by atoms with Crippen LogP contribution in [0, 0.1) is 15.0 Å². The fourth-order valence-corrected chi connectivity index (χ4v) is 1.62. The predicted octanol–water partition coefficient (Wildman–Crippen LogP) is 1.59. The van der Waals surface area contributed by atoms with Gasteiger partial charge in [0.15, 0.2) is 5.69 Å². The number of primary amides is 1. The van der Waals surface area contributed by atoms with E-state index in [1.807, 2.05) is 0 Å². The average Bonchev–Trinajstić information content (AvgIpc) is 2.15. The van der Waals surface area contributed by atoms with E-state index in [2.05, 4.69) is 4.98 Å². The molecule has 0 aliphatic rings. The first kappa shape index (κ1) is 11.8. The molecule has 0 aliphatic heterocycles. The predicted molar refractivity (Wildman–Crippen MR) is 55.1 cm³/mol. The Morgan fingerprint density at radius 3 is 2.67 bits per heavy atom. The fraction of sp³-hybridized carbons (Fsp3) is 0.125. The van der Waals surface area contributed by atoms with E-state index in [0.29, 0.717) is 0 Å². The van der Waals surface area contributed by atoms with Crippen LogP contribution in [0.4, 0.5) is 8.78 Å². The molecule has 1 heterocycles. The molecule has 1 aromatic heterocycles. The average molecular weight is 323 g/mol. The van der Waals surface area contributed by atoms with Crippen molar-refractivity contribution in [3.8, 4) is 6.07 Å². The van der Waals surface area contributed by atoms with Crippen molar-refractivity contribution in [3.05, 3.63) is 26.6 Å². The van der Waals surface area contributed by atoms with E-state index in [1.54, 1.807) is 28.7 Å². The molecule has 0 radical (unpaired) electrons. The maximum atomic E-state index is 12.5. The maximum absolute atomic E-state index is 12.5. The molecule has 0 spiro atoms.